The molecule has 0 bridgehead atoms. The molecule has 0 aliphatic carbocycles. The zero-order valence-electron chi connectivity index (χ0n) is 17.5. The van der Waals surface area contributed by atoms with Crippen LogP contribution in [0.15, 0.2) is 59.8 Å². The minimum absolute atomic E-state index is 0.0141. The van der Waals surface area contributed by atoms with Crippen molar-refractivity contribution < 1.29 is 9.53 Å². The molecule has 0 fully saturated rings. The van der Waals surface area contributed by atoms with Crippen LogP contribution in [0.5, 0.6) is 5.75 Å². The van der Waals surface area contributed by atoms with Gasteiger partial charge in [-0.1, -0.05) is 55.9 Å². The van der Waals surface area contributed by atoms with Gasteiger partial charge in [0.15, 0.2) is 5.82 Å². The normalized spacial score (nSPS) is 10.9. The van der Waals surface area contributed by atoms with Crippen molar-refractivity contribution in [1.82, 2.24) is 14.9 Å². The predicted molar refractivity (Wildman–Crippen MR) is 120 cm³/mol. The van der Waals surface area contributed by atoms with Crippen molar-refractivity contribution >= 4 is 23.4 Å². The maximum absolute atomic E-state index is 12.6. The van der Waals surface area contributed by atoms with E-state index in [0.717, 1.165) is 11.4 Å². The SMILES string of the molecule is CCN(C(=O)CSc1nnc(COc2ccc(C(C)C)cc2)n1N)c1ccccc1. The summed E-state index contributed by atoms with van der Waals surface area (Å²) < 4.78 is 7.15. The first-order chi connectivity index (χ1) is 14.5. The Bertz CT molecular complexity index is 957. The summed E-state index contributed by atoms with van der Waals surface area (Å²) in [5, 5.41) is 8.66. The van der Waals surface area contributed by atoms with Crippen LogP contribution in [0, 0.1) is 0 Å². The van der Waals surface area contributed by atoms with Gasteiger partial charge < -0.3 is 15.5 Å². The average Bonchev–Trinajstić information content (AvgIpc) is 3.11. The number of hydrogen-bond acceptors (Lipinski definition) is 6. The van der Waals surface area contributed by atoms with Crippen molar-refractivity contribution in [3.8, 4) is 5.75 Å². The molecule has 0 unspecified atom stereocenters. The largest absolute Gasteiger partial charge is 0.486 e. The summed E-state index contributed by atoms with van der Waals surface area (Å²) in [7, 11) is 0. The third kappa shape index (κ3) is 5.33. The van der Waals surface area contributed by atoms with Crippen LogP contribution in [0.1, 0.15) is 38.1 Å². The second kappa shape index (κ2) is 10.2. The molecule has 0 spiro atoms. The fraction of sp³-hybridized carbons (Fsp3) is 0.318. The molecular formula is C22H27N5O2S. The lowest BCUT2D eigenvalue weighted by molar-refractivity contribution is -0.116. The lowest BCUT2D eigenvalue weighted by Gasteiger charge is -2.20. The maximum Gasteiger partial charge on any atom is 0.237 e. The number of carbonyl (C=O) groups is 1. The molecule has 8 heteroatoms. The number of anilines is 1. The van der Waals surface area contributed by atoms with Crippen molar-refractivity contribution in [2.75, 3.05) is 23.0 Å². The molecule has 30 heavy (non-hydrogen) atoms. The Balaban J connectivity index is 1.56. The summed E-state index contributed by atoms with van der Waals surface area (Å²) in [5.74, 6) is 8.02. The minimum atomic E-state index is -0.0141. The van der Waals surface area contributed by atoms with Gasteiger partial charge in [-0.3, -0.25) is 4.79 Å². The van der Waals surface area contributed by atoms with Gasteiger partial charge in [0, 0.05) is 12.2 Å². The van der Waals surface area contributed by atoms with Gasteiger partial charge in [0.2, 0.25) is 11.1 Å². The first kappa shape index (κ1) is 21.7. The molecule has 2 aromatic carbocycles. The molecule has 0 aliphatic rings. The van der Waals surface area contributed by atoms with Crippen LogP contribution in [0.3, 0.4) is 0 Å². The number of rotatable bonds is 9. The number of ether oxygens (including phenoxy) is 1. The second-order valence-corrected chi connectivity index (χ2v) is 7.99. The highest BCUT2D eigenvalue weighted by Crippen LogP contribution is 2.21. The van der Waals surface area contributed by atoms with Crippen molar-refractivity contribution in [1.29, 1.82) is 0 Å². The smallest absolute Gasteiger partial charge is 0.237 e. The van der Waals surface area contributed by atoms with Gasteiger partial charge in [0.25, 0.3) is 0 Å². The minimum Gasteiger partial charge on any atom is -0.486 e. The van der Waals surface area contributed by atoms with Gasteiger partial charge >= 0.3 is 0 Å². The standard InChI is InChI=1S/C22H27N5O2S/c1-4-26(18-8-6-5-7-9-18)21(28)15-30-22-25-24-20(27(22)23)14-29-19-12-10-17(11-13-19)16(2)3/h5-13,16H,4,14-15,23H2,1-3H3. The second-order valence-electron chi connectivity index (χ2n) is 7.04. The van der Waals surface area contributed by atoms with E-state index >= 15 is 0 Å². The molecule has 2 N–H and O–H groups in total. The first-order valence-electron chi connectivity index (χ1n) is 9.90. The molecular weight excluding hydrogens is 398 g/mol. The lowest BCUT2D eigenvalue weighted by atomic mass is 10.0. The number of nitrogens with zero attached hydrogens (tertiary/aromatic N) is 4. The summed E-state index contributed by atoms with van der Waals surface area (Å²) in [4.78, 5) is 14.4. The predicted octanol–water partition coefficient (Wildman–Crippen LogP) is 3.84. The van der Waals surface area contributed by atoms with Gasteiger partial charge in [0.1, 0.15) is 12.4 Å². The fourth-order valence-corrected chi connectivity index (χ4v) is 3.67. The Kier molecular flexibility index (Phi) is 7.35. The van der Waals surface area contributed by atoms with Crippen LogP contribution < -0.4 is 15.5 Å². The monoisotopic (exact) mass is 425 g/mol. The number of amides is 1. The van der Waals surface area contributed by atoms with Crippen LogP contribution in [-0.2, 0) is 11.4 Å². The first-order valence-corrected chi connectivity index (χ1v) is 10.9. The zero-order valence-corrected chi connectivity index (χ0v) is 18.3. The summed E-state index contributed by atoms with van der Waals surface area (Å²) >= 11 is 1.26. The van der Waals surface area contributed by atoms with Crippen molar-refractivity contribution in [2.45, 2.75) is 38.5 Å². The van der Waals surface area contributed by atoms with Gasteiger partial charge in [-0.2, -0.15) is 0 Å². The van der Waals surface area contributed by atoms with E-state index in [1.807, 2.05) is 61.5 Å². The van der Waals surface area contributed by atoms with Crippen molar-refractivity contribution in [3.63, 3.8) is 0 Å². The highest BCUT2D eigenvalue weighted by atomic mass is 32.2. The van der Waals surface area contributed by atoms with Gasteiger partial charge in [0.05, 0.1) is 5.75 Å². The molecule has 0 saturated heterocycles. The number of thioether (sulfide) groups is 1. The van der Waals surface area contributed by atoms with E-state index in [9.17, 15) is 4.79 Å². The molecule has 0 saturated carbocycles. The number of benzene rings is 2. The summed E-state index contributed by atoms with van der Waals surface area (Å²) in [5.41, 5.74) is 2.13. The molecule has 0 aliphatic heterocycles. The highest BCUT2D eigenvalue weighted by Gasteiger charge is 2.17. The number of para-hydroxylation sites is 1. The highest BCUT2D eigenvalue weighted by molar-refractivity contribution is 7.99. The van der Waals surface area contributed by atoms with E-state index in [1.165, 1.54) is 22.0 Å². The quantitative estimate of drug-likeness (QED) is 0.414. The zero-order chi connectivity index (χ0) is 21.5. The summed E-state index contributed by atoms with van der Waals surface area (Å²) in [6.45, 7) is 7.04. The molecule has 0 atom stereocenters. The van der Waals surface area contributed by atoms with Crippen LogP contribution >= 0.6 is 11.8 Å². The van der Waals surface area contributed by atoms with E-state index in [4.69, 9.17) is 10.6 Å². The van der Waals surface area contributed by atoms with Crippen LogP contribution in [-0.4, -0.2) is 33.1 Å². The number of nitrogen functional groups attached to an aromatic ring is 1. The summed E-state index contributed by atoms with van der Waals surface area (Å²) in [6.07, 6.45) is 0. The Morgan fingerprint density at radius 2 is 1.83 bits per heavy atom. The van der Waals surface area contributed by atoms with Crippen LogP contribution in [0.2, 0.25) is 0 Å². The van der Waals surface area contributed by atoms with E-state index in [-0.39, 0.29) is 18.3 Å². The van der Waals surface area contributed by atoms with E-state index in [2.05, 4.69) is 24.0 Å². The molecule has 158 valence electrons. The number of nitrogens with two attached hydrogens (primary N) is 1. The fourth-order valence-electron chi connectivity index (χ4n) is 2.92. The van der Waals surface area contributed by atoms with E-state index in [0.29, 0.717) is 23.4 Å². The average molecular weight is 426 g/mol. The Hall–Kier alpha value is -3.00. The van der Waals surface area contributed by atoms with Crippen molar-refractivity contribution in [2.24, 2.45) is 0 Å². The number of carbonyl (C=O) groups excluding carboxylic acids is 1. The van der Waals surface area contributed by atoms with E-state index in [1.54, 1.807) is 4.90 Å². The maximum atomic E-state index is 12.6. The topological polar surface area (TPSA) is 86.3 Å². The molecule has 0 radical (unpaired) electrons. The third-order valence-electron chi connectivity index (χ3n) is 4.66. The molecule has 1 amide bonds. The van der Waals surface area contributed by atoms with Gasteiger partial charge in [-0.15, -0.1) is 10.2 Å². The van der Waals surface area contributed by atoms with Gasteiger partial charge in [-0.05, 0) is 42.7 Å². The molecule has 7 nitrogen and oxygen atoms in total. The lowest BCUT2D eigenvalue weighted by Crippen LogP contribution is -2.32. The Morgan fingerprint density at radius 1 is 1.13 bits per heavy atom. The summed E-state index contributed by atoms with van der Waals surface area (Å²) in [6, 6.07) is 17.6. The molecule has 3 rings (SSSR count). The molecule has 1 heterocycles. The molecule has 1 aromatic heterocycles. The van der Waals surface area contributed by atoms with Gasteiger partial charge in [-0.25, -0.2) is 4.68 Å². The van der Waals surface area contributed by atoms with Crippen LogP contribution in [0.25, 0.3) is 0 Å². The number of hydrogen-bond donors (Lipinski definition) is 1. The Labute approximate surface area is 181 Å². The Morgan fingerprint density at radius 3 is 2.47 bits per heavy atom. The number of aromatic nitrogens is 3. The van der Waals surface area contributed by atoms with Crippen molar-refractivity contribution in [3.05, 3.63) is 66.0 Å². The van der Waals surface area contributed by atoms with Crippen LogP contribution in [0.4, 0.5) is 5.69 Å². The van der Waals surface area contributed by atoms with E-state index < -0.39 is 0 Å². The molecule has 3 aromatic rings. The third-order valence-corrected chi connectivity index (χ3v) is 5.59.